The van der Waals surface area contributed by atoms with E-state index in [1.54, 1.807) is 32.0 Å². The van der Waals surface area contributed by atoms with Gasteiger partial charge >= 0.3 is 13.7 Å². The molecule has 29 heavy (non-hydrogen) atoms. The number of ether oxygens (including phenoxy) is 1. The number of carbonyl (C=O) groups is 1. The molecule has 2 atom stereocenters. The van der Waals surface area contributed by atoms with Crippen LogP contribution < -0.4 is 14.1 Å². The summed E-state index contributed by atoms with van der Waals surface area (Å²) in [7, 11) is -4.10. The van der Waals surface area contributed by atoms with Crippen LogP contribution in [0.1, 0.15) is 26.3 Å². The van der Waals surface area contributed by atoms with Crippen molar-refractivity contribution in [3.63, 3.8) is 0 Å². The number of carbonyl (C=O) groups excluding carboxylic acids is 1. The van der Waals surface area contributed by atoms with Gasteiger partial charge in [-0.2, -0.15) is 5.09 Å². The average molecular weight is 422 g/mol. The molecule has 0 aliphatic rings. The van der Waals surface area contributed by atoms with Gasteiger partial charge < -0.3 is 13.8 Å². The zero-order valence-corrected chi connectivity index (χ0v) is 17.4. The van der Waals surface area contributed by atoms with Gasteiger partial charge in [0.15, 0.2) is 0 Å². The largest absolute Gasteiger partial charge is 0.513 e. The average Bonchev–Trinajstić information content (AvgIpc) is 2.61. The van der Waals surface area contributed by atoms with E-state index in [1.165, 1.54) is 31.2 Å². The van der Waals surface area contributed by atoms with Gasteiger partial charge in [0.1, 0.15) is 17.5 Å². The Labute approximate surface area is 168 Å². The molecule has 2 rings (SSSR count). The van der Waals surface area contributed by atoms with E-state index < -0.39 is 24.7 Å². The number of nitrogens with zero attached hydrogens (tertiary/aromatic N) is 1. The number of esters is 1. The normalized spacial score (nSPS) is 14.0. The van der Waals surface area contributed by atoms with Crippen LogP contribution in [0.3, 0.4) is 0 Å². The van der Waals surface area contributed by atoms with Crippen molar-refractivity contribution >= 4 is 19.4 Å². The molecule has 2 aromatic carbocycles. The molecule has 0 aromatic heterocycles. The summed E-state index contributed by atoms with van der Waals surface area (Å²) in [6.45, 7) is 6.70. The molecule has 0 heterocycles. The fraction of sp³-hybridized carbons (Fsp3) is 0.316. The highest BCUT2D eigenvalue weighted by Crippen LogP contribution is 2.45. The van der Waals surface area contributed by atoms with Crippen LogP contribution in [-0.2, 0) is 14.1 Å². The summed E-state index contributed by atoms with van der Waals surface area (Å²) in [5, 5.41) is 13.4. The lowest BCUT2D eigenvalue weighted by atomic mass is 10.2. The summed E-state index contributed by atoms with van der Waals surface area (Å²) in [6, 6.07) is 10.8. The molecule has 0 amide bonds. The number of hydrogen-bond donors (Lipinski definition) is 1. The second-order valence-corrected chi connectivity index (χ2v) is 8.20. The van der Waals surface area contributed by atoms with E-state index in [9.17, 15) is 19.5 Å². The minimum atomic E-state index is -4.10. The third-order valence-electron chi connectivity index (χ3n) is 3.55. The van der Waals surface area contributed by atoms with Gasteiger partial charge in [0.2, 0.25) is 0 Å². The molecular formula is C19H23N2O7P. The minimum absolute atomic E-state index is 0.0727. The van der Waals surface area contributed by atoms with Crippen LogP contribution in [0, 0.1) is 17.0 Å². The molecule has 2 aromatic rings. The minimum Gasteiger partial charge on any atom is -0.462 e. The number of nitro benzene ring substituents is 1. The topological polar surface area (TPSA) is 117 Å². The van der Waals surface area contributed by atoms with E-state index >= 15 is 0 Å². The van der Waals surface area contributed by atoms with Crippen molar-refractivity contribution in [2.45, 2.75) is 39.8 Å². The van der Waals surface area contributed by atoms with Crippen LogP contribution in [0.25, 0.3) is 0 Å². The molecule has 1 unspecified atom stereocenters. The Hall–Kier alpha value is -2.90. The van der Waals surface area contributed by atoms with Crippen LogP contribution in [0.5, 0.6) is 11.5 Å². The Bertz CT molecular complexity index is 915. The maximum absolute atomic E-state index is 13.4. The maximum atomic E-state index is 13.4. The van der Waals surface area contributed by atoms with E-state index in [0.717, 1.165) is 5.56 Å². The molecule has 1 N–H and O–H groups in total. The lowest BCUT2D eigenvalue weighted by Crippen LogP contribution is -2.36. The van der Waals surface area contributed by atoms with Crippen molar-refractivity contribution < 1.29 is 28.1 Å². The van der Waals surface area contributed by atoms with Crippen LogP contribution in [0.15, 0.2) is 48.5 Å². The van der Waals surface area contributed by atoms with Crippen LogP contribution in [-0.4, -0.2) is 23.0 Å². The lowest BCUT2D eigenvalue weighted by Gasteiger charge is -2.23. The molecule has 0 radical (unpaired) electrons. The standard InChI is InChI=1S/C19H23N2O7P/c1-13(2)26-19(22)15(4)20-29(25,28-18-7-5-6-14(3)12-18)27-17-10-8-16(9-11-17)21(23)24/h5-13,15H,1-4H3,(H,20,25)/t15-,29?/m0/s1. The van der Waals surface area contributed by atoms with Crippen molar-refractivity contribution in [2.24, 2.45) is 0 Å². The molecule has 156 valence electrons. The van der Waals surface area contributed by atoms with Gasteiger partial charge in [-0.25, -0.2) is 4.57 Å². The van der Waals surface area contributed by atoms with Crippen molar-refractivity contribution in [3.8, 4) is 11.5 Å². The van der Waals surface area contributed by atoms with Crippen molar-refractivity contribution in [1.29, 1.82) is 0 Å². The Kier molecular flexibility index (Phi) is 7.36. The Morgan fingerprint density at radius 3 is 2.24 bits per heavy atom. The van der Waals surface area contributed by atoms with Gasteiger partial charge in [-0.15, -0.1) is 0 Å². The summed E-state index contributed by atoms with van der Waals surface area (Å²) in [5.74, 6) is -0.281. The number of hydrogen-bond acceptors (Lipinski definition) is 7. The lowest BCUT2D eigenvalue weighted by molar-refractivity contribution is -0.384. The second kappa shape index (κ2) is 9.54. The number of nitro groups is 1. The van der Waals surface area contributed by atoms with Crippen LogP contribution in [0.4, 0.5) is 5.69 Å². The third-order valence-corrected chi connectivity index (χ3v) is 5.15. The number of benzene rings is 2. The quantitative estimate of drug-likeness (QED) is 0.274. The zero-order chi connectivity index (χ0) is 21.6. The van der Waals surface area contributed by atoms with Crippen molar-refractivity contribution in [3.05, 3.63) is 64.2 Å². The molecule has 0 aliphatic carbocycles. The maximum Gasteiger partial charge on any atom is 0.513 e. The monoisotopic (exact) mass is 422 g/mol. The van der Waals surface area contributed by atoms with Gasteiger partial charge in [-0.05, 0) is 57.5 Å². The summed E-state index contributed by atoms with van der Waals surface area (Å²) >= 11 is 0. The smallest absolute Gasteiger partial charge is 0.462 e. The van der Waals surface area contributed by atoms with Gasteiger partial charge in [0, 0.05) is 12.1 Å². The fourth-order valence-corrected chi connectivity index (χ4v) is 3.79. The molecule has 0 fully saturated rings. The number of non-ortho nitro benzene ring substituents is 1. The second-order valence-electron chi connectivity index (χ2n) is 6.58. The molecule has 9 nitrogen and oxygen atoms in total. The van der Waals surface area contributed by atoms with Gasteiger partial charge in [-0.1, -0.05) is 12.1 Å². The van der Waals surface area contributed by atoms with Gasteiger partial charge in [0.25, 0.3) is 5.69 Å². The van der Waals surface area contributed by atoms with Gasteiger partial charge in [0.05, 0.1) is 11.0 Å². The summed E-state index contributed by atoms with van der Waals surface area (Å²) in [5.41, 5.74) is 0.727. The zero-order valence-electron chi connectivity index (χ0n) is 16.5. The predicted octanol–water partition coefficient (Wildman–Crippen LogP) is 4.40. The Morgan fingerprint density at radius 1 is 1.07 bits per heavy atom. The first kappa shape index (κ1) is 22.4. The number of nitrogens with one attached hydrogen (secondary N) is 1. The van der Waals surface area contributed by atoms with Gasteiger partial charge in [-0.3, -0.25) is 14.9 Å². The first-order chi connectivity index (χ1) is 13.6. The molecule has 0 bridgehead atoms. The van der Waals surface area contributed by atoms with E-state index in [2.05, 4.69) is 5.09 Å². The highest BCUT2D eigenvalue weighted by atomic mass is 31.2. The fourth-order valence-electron chi connectivity index (χ4n) is 2.27. The summed E-state index contributed by atoms with van der Waals surface area (Å²) < 4.78 is 29.6. The summed E-state index contributed by atoms with van der Waals surface area (Å²) in [4.78, 5) is 22.4. The van der Waals surface area contributed by atoms with Crippen LogP contribution >= 0.6 is 7.75 Å². The Morgan fingerprint density at radius 2 is 1.69 bits per heavy atom. The van der Waals surface area contributed by atoms with Crippen molar-refractivity contribution in [1.82, 2.24) is 5.09 Å². The van der Waals surface area contributed by atoms with E-state index in [1.807, 2.05) is 13.0 Å². The molecule has 0 saturated carbocycles. The first-order valence-electron chi connectivity index (χ1n) is 8.86. The third kappa shape index (κ3) is 6.89. The molecule has 0 aliphatic heterocycles. The molecule has 0 saturated heterocycles. The van der Waals surface area contributed by atoms with Crippen LogP contribution in [0.2, 0.25) is 0 Å². The van der Waals surface area contributed by atoms with Crippen molar-refractivity contribution in [2.75, 3.05) is 0 Å². The molecular weight excluding hydrogens is 399 g/mol. The number of rotatable bonds is 9. The SMILES string of the molecule is Cc1cccc(OP(=O)(N[C@@H](C)C(=O)OC(C)C)Oc2ccc([N+](=O)[O-])cc2)c1. The highest BCUT2D eigenvalue weighted by molar-refractivity contribution is 7.52. The Balaban J connectivity index is 2.27. The van der Waals surface area contributed by atoms with E-state index in [4.69, 9.17) is 13.8 Å². The molecule has 0 spiro atoms. The predicted molar refractivity (Wildman–Crippen MR) is 107 cm³/mol. The van der Waals surface area contributed by atoms with E-state index in [-0.39, 0.29) is 23.3 Å². The summed E-state index contributed by atoms with van der Waals surface area (Å²) in [6.07, 6.45) is -0.348. The van der Waals surface area contributed by atoms with E-state index in [0.29, 0.717) is 0 Å². The molecule has 10 heteroatoms. The first-order valence-corrected chi connectivity index (χ1v) is 10.4. The number of aryl methyl sites for hydroxylation is 1. The highest BCUT2D eigenvalue weighted by Gasteiger charge is 2.34.